The predicted octanol–water partition coefficient (Wildman–Crippen LogP) is 3.17. The van der Waals surface area contributed by atoms with Gasteiger partial charge in [0.1, 0.15) is 5.82 Å². The minimum absolute atomic E-state index is 0.779. The first kappa shape index (κ1) is 14.6. The quantitative estimate of drug-likeness (QED) is 0.430. The Morgan fingerprint density at radius 1 is 1.04 bits per heavy atom. The Labute approximate surface area is 141 Å². The second-order valence-electron chi connectivity index (χ2n) is 6.00. The first-order valence-electron chi connectivity index (χ1n) is 7.98. The van der Waals surface area contributed by atoms with Gasteiger partial charge in [0.05, 0.1) is 6.54 Å². The van der Waals surface area contributed by atoms with Crippen molar-refractivity contribution in [1.82, 2.24) is 14.5 Å². The van der Waals surface area contributed by atoms with Gasteiger partial charge in [0.15, 0.2) is 5.65 Å². The lowest BCUT2D eigenvalue weighted by atomic mass is 10.1. The van der Waals surface area contributed by atoms with Crippen molar-refractivity contribution >= 4 is 11.0 Å². The molecule has 0 unspecified atom stereocenters. The number of aryl methyl sites for hydroxylation is 2. The standard InChI is InChI=1S/C20H18N4/c1-15-12-16(2)21-20-18(15)8-9-19(22-20)24-11-10-23(14-24)13-17-6-4-3-5-7-17/h3-12H,13H2,1-2H3. The van der Waals surface area contributed by atoms with Gasteiger partial charge in [0.25, 0.3) is 0 Å². The minimum atomic E-state index is 0.779. The zero-order valence-electron chi connectivity index (χ0n) is 13.8. The van der Waals surface area contributed by atoms with Crippen LogP contribution in [0.4, 0.5) is 0 Å². The summed E-state index contributed by atoms with van der Waals surface area (Å²) < 4.78 is 3.93. The van der Waals surface area contributed by atoms with E-state index in [0.29, 0.717) is 0 Å². The van der Waals surface area contributed by atoms with Crippen LogP contribution < -0.4 is 4.57 Å². The van der Waals surface area contributed by atoms with E-state index in [1.807, 2.05) is 52.7 Å². The molecule has 0 saturated heterocycles. The average molecular weight is 314 g/mol. The van der Waals surface area contributed by atoms with Crippen LogP contribution in [0.25, 0.3) is 16.9 Å². The summed E-state index contributed by atoms with van der Waals surface area (Å²) >= 11 is 0. The van der Waals surface area contributed by atoms with E-state index in [4.69, 9.17) is 4.98 Å². The Hall–Kier alpha value is -3.01. The number of imidazole rings is 1. The molecule has 0 atom stereocenters. The van der Waals surface area contributed by atoms with E-state index in [-0.39, 0.29) is 0 Å². The summed E-state index contributed by atoms with van der Waals surface area (Å²) in [7, 11) is 0. The molecule has 0 spiro atoms. The van der Waals surface area contributed by atoms with E-state index < -0.39 is 0 Å². The van der Waals surface area contributed by atoms with Crippen LogP contribution in [0.2, 0.25) is 0 Å². The van der Waals surface area contributed by atoms with Gasteiger partial charge in [-0.25, -0.2) is 9.97 Å². The first-order chi connectivity index (χ1) is 11.7. The van der Waals surface area contributed by atoms with Crippen molar-refractivity contribution in [2.75, 3.05) is 0 Å². The summed E-state index contributed by atoms with van der Waals surface area (Å²) in [5.41, 5.74) is 4.21. The van der Waals surface area contributed by atoms with Crippen molar-refractivity contribution in [1.29, 1.82) is 0 Å². The van der Waals surface area contributed by atoms with Gasteiger partial charge >= 0.3 is 0 Å². The second-order valence-corrected chi connectivity index (χ2v) is 6.00. The second kappa shape index (κ2) is 5.89. The summed E-state index contributed by atoms with van der Waals surface area (Å²) in [5, 5.41) is 1.09. The molecule has 4 aromatic rings. The molecule has 3 aromatic heterocycles. The van der Waals surface area contributed by atoms with Crippen molar-refractivity contribution < 1.29 is 4.57 Å². The van der Waals surface area contributed by atoms with E-state index in [9.17, 15) is 0 Å². The maximum absolute atomic E-state index is 4.69. The maximum Gasteiger partial charge on any atom is 0.244 e. The van der Waals surface area contributed by atoms with E-state index in [0.717, 1.165) is 29.1 Å². The molecule has 0 radical (unpaired) electrons. The lowest BCUT2D eigenvalue weighted by Crippen LogP contribution is -2.32. The molecule has 0 N–H and O–H groups in total. The average Bonchev–Trinajstić information content (AvgIpc) is 3.03. The third-order valence-corrected chi connectivity index (χ3v) is 4.07. The Balaban J connectivity index is 1.68. The SMILES string of the molecule is Cc1cc(C)c2ccc(-n3[c-][n+](Cc4ccccc4)cc3)nc2n1. The summed E-state index contributed by atoms with van der Waals surface area (Å²) in [6.45, 7) is 4.88. The lowest BCUT2D eigenvalue weighted by molar-refractivity contribution is -0.691. The van der Waals surface area contributed by atoms with Crippen molar-refractivity contribution in [3.63, 3.8) is 0 Å². The van der Waals surface area contributed by atoms with Crippen molar-refractivity contribution in [2.45, 2.75) is 20.4 Å². The molecule has 0 bridgehead atoms. The van der Waals surface area contributed by atoms with Gasteiger partial charge in [-0.3, -0.25) is 0 Å². The number of rotatable bonds is 3. The Bertz CT molecular complexity index is 1000. The van der Waals surface area contributed by atoms with Crippen LogP contribution in [0.15, 0.2) is 60.9 Å². The molecule has 0 amide bonds. The van der Waals surface area contributed by atoms with Crippen molar-refractivity contribution in [3.8, 4) is 5.82 Å². The fourth-order valence-corrected chi connectivity index (χ4v) is 2.90. The fourth-order valence-electron chi connectivity index (χ4n) is 2.90. The summed E-state index contributed by atoms with van der Waals surface area (Å²) in [5.74, 6) is 0.826. The molecule has 4 nitrogen and oxygen atoms in total. The molecule has 0 saturated carbocycles. The molecule has 4 heteroatoms. The number of pyridine rings is 2. The molecule has 0 aliphatic carbocycles. The summed E-state index contributed by atoms with van der Waals surface area (Å²) in [6.07, 6.45) is 7.29. The van der Waals surface area contributed by atoms with Gasteiger partial charge in [0, 0.05) is 23.5 Å². The van der Waals surface area contributed by atoms with Gasteiger partial charge < -0.3 is 9.13 Å². The van der Waals surface area contributed by atoms with Gasteiger partial charge in [-0.2, -0.15) is 0 Å². The van der Waals surface area contributed by atoms with Crippen LogP contribution in [0.3, 0.4) is 0 Å². The number of nitrogens with zero attached hydrogens (tertiary/aromatic N) is 4. The van der Waals surface area contributed by atoms with Crippen LogP contribution in [0.5, 0.6) is 0 Å². The van der Waals surface area contributed by atoms with Crippen molar-refractivity contribution in [2.24, 2.45) is 0 Å². The topological polar surface area (TPSA) is 34.6 Å². The molecule has 3 heterocycles. The van der Waals surface area contributed by atoms with Gasteiger partial charge in [-0.1, -0.05) is 36.4 Å². The zero-order valence-corrected chi connectivity index (χ0v) is 13.8. The third kappa shape index (κ3) is 2.78. The molecule has 4 rings (SSSR count). The lowest BCUT2D eigenvalue weighted by Gasteiger charge is -2.06. The molecule has 0 aliphatic rings. The van der Waals surface area contributed by atoms with E-state index in [2.05, 4.69) is 42.5 Å². The van der Waals surface area contributed by atoms with Crippen molar-refractivity contribution in [3.05, 3.63) is 84.1 Å². The number of fused-ring (bicyclic) bond motifs is 1. The molecular formula is C20H18N4. The van der Waals surface area contributed by atoms with Crippen LogP contribution in [-0.4, -0.2) is 14.5 Å². The smallest absolute Gasteiger partial charge is 0.244 e. The summed E-state index contributed by atoms with van der Waals surface area (Å²) in [4.78, 5) is 9.25. The molecule has 0 fully saturated rings. The zero-order chi connectivity index (χ0) is 16.5. The Morgan fingerprint density at radius 2 is 1.88 bits per heavy atom. The van der Waals surface area contributed by atoms with Crippen LogP contribution in [0, 0.1) is 20.2 Å². The van der Waals surface area contributed by atoms with Gasteiger partial charge in [0.2, 0.25) is 6.33 Å². The maximum atomic E-state index is 4.69. The molecule has 118 valence electrons. The number of hydrogen-bond donors (Lipinski definition) is 0. The highest BCUT2D eigenvalue weighted by Crippen LogP contribution is 2.17. The largest absolute Gasteiger partial charge is 0.316 e. The van der Waals surface area contributed by atoms with E-state index in [1.54, 1.807) is 0 Å². The fraction of sp³-hybridized carbons (Fsp3) is 0.150. The predicted molar refractivity (Wildman–Crippen MR) is 92.9 cm³/mol. The van der Waals surface area contributed by atoms with Gasteiger partial charge in [-0.15, -0.1) is 0 Å². The van der Waals surface area contributed by atoms with Crippen LogP contribution in [-0.2, 0) is 6.54 Å². The number of aromatic nitrogens is 4. The van der Waals surface area contributed by atoms with E-state index >= 15 is 0 Å². The highest BCUT2D eigenvalue weighted by molar-refractivity contribution is 5.79. The monoisotopic (exact) mass is 314 g/mol. The number of benzene rings is 1. The van der Waals surface area contributed by atoms with E-state index in [1.165, 1.54) is 11.1 Å². The Kier molecular flexibility index (Phi) is 3.58. The molecular weight excluding hydrogens is 296 g/mol. The Morgan fingerprint density at radius 3 is 2.71 bits per heavy atom. The van der Waals surface area contributed by atoms with Crippen LogP contribution in [0.1, 0.15) is 16.8 Å². The first-order valence-corrected chi connectivity index (χ1v) is 7.98. The minimum Gasteiger partial charge on any atom is -0.316 e. The molecule has 0 aliphatic heterocycles. The molecule has 1 aromatic carbocycles. The third-order valence-electron chi connectivity index (χ3n) is 4.07. The van der Waals surface area contributed by atoms with Gasteiger partial charge in [-0.05, 0) is 37.1 Å². The van der Waals surface area contributed by atoms with Crippen LogP contribution >= 0.6 is 0 Å². The highest BCUT2D eigenvalue weighted by Gasteiger charge is 2.06. The molecule has 24 heavy (non-hydrogen) atoms. The summed E-state index contributed by atoms with van der Waals surface area (Å²) in [6, 6.07) is 16.5. The normalized spacial score (nSPS) is 11.1. The highest BCUT2D eigenvalue weighted by atomic mass is 15.2. The number of hydrogen-bond acceptors (Lipinski definition) is 2.